The second kappa shape index (κ2) is 9.66. The highest BCUT2D eigenvalue weighted by atomic mass is 35.5. The Bertz CT molecular complexity index is 702. The van der Waals surface area contributed by atoms with Crippen LogP contribution >= 0.6 is 11.6 Å². The van der Waals surface area contributed by atoms with Gasteiger partial charge in [-0.2, -0.15) is 0 Å². The number of nitrogens with one attached hydrogen (secondary N) is 2. The van der Waals surface area contributed by atoms with E-state index in [4.69, 9.17) is 21.1 Å². The quantitative estimate of drug-likeness (QED) is 0.708. The average Bonchev–Trinajstić information content (AvgIpc) is 2.62. The lowest BCUT2D eigenvalue weighted by Gasteiger charge is -2.09. The summed E-state index contributed by atoms with van der Waals surface area (Å²) in [6.07, 6.45) is 0. The fraction of sp³-hybridized carbons (Fsp3) is 0.222. The molecule has 0 aromatic heterocycles. The standard InChI is InChI=1S/C18H19ClN2O4/c1-24-11-10-20-18(23)13-2-6-15(7-3-13)21-17(22)12-25-16-8-4-14(19)5-9-16/h2-9H,10-12H2,1H3,(H,20,23)(H,21,22). The molecule has 132 valence electrons. The zero-order valence-electron chi connectivity index (χ0n) is 13.8. The summed E-state index contributed by atoms with van der Waals surface area (Å²) < 4.78 is 10.2. The third-order valence-electron chi connectivity index (χ3n) is 3.21. The van der Waals surface area contributed by atoms with E-state index in [-0.39, 0.29) is 18.4 Å². The molecular formula is C18H19ClN2O4. The minimum atomic E-state index is -0.299. The normalized spacial score (nSPS) is 10.2. The summed E-state index contributed by atoms with van der Waals surface area (Å²) in [4.78, 5) is 23.7. The smallest absolute Gasteiger partial charge is 0.262 e. The zero-order chi connectivity index (χ0) is 18.1. The van der Waals surface area contributed by atoms with Gasteiger partial charge >= 0.3 is 0 Å². The molecule has 0 bridgehead atoms. The van der Waals surface area contributed by atoms with Crippen molar-refractivity contribution in [3.05, 3.63) is 59.1 Å². The van der Waals surface area contributed by atoms with Crippen molar-refractivity contribution in [3.63, 3.8) is 0 Å². The summed E-state index contributed by atoms with van der Waals surface area (Å²) in [6, 6.07) is 13.3. The number of carbonyl (C=O) groups excluding carboxylic acids is 2. The molecule has 7 heteroatoms. The van der Waals surface area contributed by atoms with Gasteiger partial charge in [-0.05, 0) is 48.5 Å². The van der Waals surface area contributed by atoms with Crippen molar-refractivity contribution in [2.45, 2.75) is 0 Å². The van der Waals surface area contributed by atoms with Gasteiger partial charge in [0.25, 0.3) is 11.8 Å². The van der Waals surface area contributed by atoms with Crippen LogP contribution in [0.15, 0.2) is 48.5 Å². The van der Waals surface area contributed by atoms with E-state index in [1.54, 1.807) is 55.6 Å². The third kappa shape index (κ3) is 6.45. The first-order valence-electron chi connectivity index (χ1n) is 7.64. The fourth-order valence-corrected chi connectivity index (χ4v) is 2.08. The van der Waals surface area contributed by atoms with E-state index >= 15 is 0 Å². The lowest BCUT2D eigenvalue weighted by atomic mass is 10.2. The molecule has 25 heavy (non-hydrogen) atoms. The first-order chi connectivity index (χ1) is 12.1. The van der Waals surface area contributed by atoms with Crippen molar-refractivity contribution in [1.82, 2.24) is 5.32 Å². The highest BCUT2D eigenvalue weighted by molar-refractivity contribution is 6.30. The number of anilines is 1. The Morgan fingerprint density at radius 1 is 1.04 bits per heavy atom. The van der Waals surface area contributed by atoms with E-state index in [2.05, 4.69) is 10.6 Å². The monoisotopic (exact) mass is 362 g/mol. The lowest BCUT2D eigenvalue weighted by molar-refractivity contribution is -0.118. The highest BCUT2D eigenvalue weighted by Gasteiger charge is 2.07. The van der Waals surface area contributed by atoms with Crippen molar-refractivity contribution >= 4 is 29.1 Å². The van der Waals surface area contributed by atoms with E-state index in [9.17, 15) is 9.59 Å². The molecule has 0 saturated heterocycles. The molecule has 2 N–H and O–H groups in total. The average molecular weight is 363 g/mol. The molecule has 0 unspecified atom stereocenters. The van der Waals surface area contributed by atoms with Crippen LogP contribution in [-0.2, 0) is 9.53 Å². The number of methoxy groups -OCH3 is 1. The summed E-state index contributed by atoms with van der Waals surface area (Å²) in [7, 11) is 1.57. The molecular weight excluding hydrogens is 344 g/mol. The minimum absolute atomic E-state index is 0.124. The van der Waals surface area contributed by atoms with E-state index in [0.717, 1.165) is 0 Å². The molecule has 0 aliphatic heterocycles. The van der Waals surface area contributed by atoms with Crippen molar-refractivity contribution in [2.75, 3.05) is 32.2 Å². The first-order valence-corrected chi connectivity index (χ1v) is 8.01. The Balaban J connectivity index is 1.80. The Morgan fingerprint density at radius 2 is 1.72 bits per heavy atom. The second-order valence-electron chi connectivity index (χ2n) is 5.12. The minimum Gasteiger partial charge on any atom is -0.484 e. The van der Waals surface area contributed by atoms with E-state index in [1.807, 2.05) is 0 Å². The number of benzene rings is 2. The Labute approximate surface area is 151 Å². The molecule has 0 spiro atoms. The van der Waals surface area contributed by atoms with Gasteiger partial charge in [-0.25, -0.2) is 0 Å². The van der Waals surface area contributed by atoms with Gasteiger partial charge in [-0.15, -0.1) is 0 Å². The molecule has 0 heterocycles. The van der Waals surface area contributed by atoms with Crippen molar-refractivity contribution < 1.29 is 19.1 Å². The predicted octanol–water partition coefficient (Wildman–Crippen LogP) is 2.73. The van der Waals surface area contributed by atoms with Crippen molar-refractivity contribution in [2.24, 2.45) is 0 Å². The van der Waals surface area contributed by atoms with Gasteiger partial charge in [-0.1, -0.05) is 11.6 Å². The summed E-state index contributed by atoms with van der Waals surface area (Å²) in [5.74, 6) is 0.0656. The molecule has 0 atom stereocenters. The van der Waals surface area contributed by atoms with Crippen LogP contribution in [0.1, 0.15) is 10.4 Å². The fourth-order valence-electron chi connectivity index (χ4n) is 1.95. The van der Waals surface area contributed by atoms with Crippen LogP contribution in [-0.4, -0.2) is 38.7 Å². The summed E-state index contributed by atoms with van der Waals surface area (Å²) in [5, 5.41) is 6.02. The van der Waals surface area contributed by atoms with Gasteiger partial charge in [0.05, 0.1) is 6.61 Å². The topological polar surface area (TPSA) is 76.7 Å². The molecule has 0 fully saturated rings. The Hall–Kier alpha value is -2.57. The SMILES string of the molecule is COCCNC(=O)c1ccc(NC(=O)COc2ccc(Cl)cc2)cc1. The van der Waals surface area contributed by atoms with Crippen LogP contribution < -0.4 is 15.4 Å². The number of ether oxygens (including phenoxy) is 2. The summed E-state index contributed by atoms with van der Waals surface area (Å²) in [5.41, 5.74) is 1.09. The predicted molar refractivity (Wildman–Crippen MR) is 96.2 cm³/mol. The van der Waals surface area contributed by atoms with Crippen LogP contribution in [0.5, 0.6) is 5.75 Å². The Kier molecular flexibility index (Phi) is 7.25. The number of amides is 2. The van der Waals surface area contributed by atoms with Gasteiger partial charge in [-0.3, -0.25) is 9.59 Å². The van der Waals surface area contributed by atoms with Gasteiger partial charge in [0.15, 0.2) is 6.61 Å². The number of hydrogen-bond donors (Lipinski definition) is 2. The summed E-state index contributed by atoms with van der Waals surface area (Å²) >= 11 is 5.78. The third-order valence-corrected chi connectivity index (χ3v) is 3.46. The maximum atomic E-state index is 11.9. The van der Waals surface area contributed by atoms with Crippen molar-refractivity contribution in [1.29, 1.82) is 0 Å². The Morgan fingerprint density at radius 3 is 2.36 bits per heavy atom. The van der Waals surface area contributed by atoms with Crippen LogP contribution in [0.25, 0.3) is 0 Å². The van der Waals surface area contributed by atoms with Gasteiger partial charge < -0.3 is 20.1 Å². The lowest BCUT2D eigenvalue weighted by Crippen LogP contribution is -2.26. The zero-order valence-corrected chi connectivity index (χ0v) is 14.5. The van der Waals surface area contributed by atoms with E-state index in [0.29, 0.717) is 35.2 Å². The maximum absolute atomic E-state index is 11.9. The van der Waals surface area contributed by atoms with E-state index < -0.39 is 0 Å². The summed E-state index contributed by atoms with van der Waals surface area (Å²) in [6.45, 7) is 0.768. The molecule has 0 radical (unpaired) electrons. The van der Waals surface area contributed by atoms with E-state index in [1.165, 1.54) is 0 Å². The van der Waals surface area contributed by atoms with Crippen molar-refractivity contribution in [3.8, 4) is 5.75 Å². The number of hydrogen-bond acceptors (Lipinski definition) is 4. The first kappa shape index (κ1) is 18.8. The largest absolute Gasteiger partial charge is 0.484 e. The van der Waals surface area contributed by atoms with Crippen LogP contribution in [0.4, 0.5) is 5.69 Å². The van der Waals surface area contributed by atoms with Gasteiger partial charge in [0.1, 0.15) is 5.75 Å². The molecule has 2 rings (SSSR count). The number of carbonyl (C=O) groups is 2. The molecule has 0 aliphatic carbocycles. The molecule has 0 saturated carbocycles. The van der Waals surface area contributed by atoms with Crippen LogP contribution in [0.2, 0.25) is 5.02 Å². The van der Waals surface area contributed by atoms with Gasteiger partial charge in [0.2, 0.25) is 0 Å². The van der Waals surface area contributed by atoms with Gasteiger partial charge in [0, 0.05) is 29.9 Å². The number of halogens is 1. The molecule has 2 amide bonds. The second-order valence-corrected chi connectivity index (χ2v) is 5.55. The molecule has 2 aromatic rings. The molecule has 0 aliphatic rings. The maximum Gasteiger partial charge on any atom is 0.262 e. The highest BCUT2D eigenvalue weighted by Crippen LogP contribution is 2.15. The molecule has 6 nitrogen and oxygen atoms in total. The van der Waals surface area contributed by atoms with Crippen LogP contribution in [0, 0.1) is 0 Å². The number of rotatable bonds is 8. The molecule has 2 aromatic carbocycles. The van der Waals surface area contributed by atoms with Crippen LogP contribution in [0.3, 0.4) is 0 Å².